The number of aryl methyl sites for hydroxylation is 1. The van der Waals surface area contributed by atoms with Gasteiger partial charge >= 0.3 is 0 Å². The molecule has 1 aliphatic heterocycles. The van der Waals surface area contributed by atoms with Crippen LogP contribution in [0, 0.1) is 6.92 Å². The summed E-state index contributed by atoms with van der Waals surface area (Å²) in [6.45, 7) is 6.17. The molecule has 1 heterocycles. The Kier molecular flexibility index (Phi) is 6.73. The molecule has 0 unspecified atom stereocenters. The predicted octanol–water partition coefficient (Wildman–Crippen LogP) is 5.31. The fraction of sp³-hybridized carbons (Fsp3) is 0.500. The number of anilines is 1. The van der Waals surface area contributed by atoms with Crippen LogP contribution in [0.2, 0.25) is 0 Å². The van der Waals surface area contributed by atoms with Gasteiger partial charge in [-0.2, -0.15) is 0 Å². The van der Waals surface area contributed by atoms with Crippen LogP contribution >= 0.6 is 0 Å². The van der Waals surface area contributed by atoms with E-state index in [1.165, 1.54) is 37.9 Å². The molecule has 0 spiro atoms. The van der Waals surface area contributed by atoms with Crippen LogP contribution in [0.25, 0.3) is 0 Å². The molecule has 1 saturated heterocycles. The molecule has 160 valence electrons. The van der Waals surface area contributed by atoms with Crippen molar-refractivity contribution < 1.29 is 9.53 Å². The average molecular weight is 407 g/mol. The van der Waals surface area contributed by atoms with Crippen molar-refractivity contribution in [1.82, 2.24) is 4.90 Å². The van der Waals surface area contributed by atoms with Crippen LogP contribution in [0.4, 0.5) is 5.69 Å². The van der Waals surface area contributed by atoms with Gasteiger partial charge in [-0.25, -0.2) is 0 Å². The minimum absolute atomic E-state index is 0.115. The molecule has 2 fully saturated rings. The van der Waals surface area contributed by atoms with E-state index < -0.39 is 5.41 Å². The molecule has 1 aliphatic carbocycles. The van der Waals surface area contributed by atoms with Crippen molar-refractivity contribution in [2.75, 3.05) is 31.6 Å². The van der Waals surface area contributed by atoms with Gasteiger partial charge in [0, 0.05) is 12.2 Å². The van der Waals surface area contributed by atoms with Crippen molar-refractivity contribution in [1.29, 1.82) is 0 Å². The number of amides is 1. The number of benzene rings is 2. The third-order valence-electron chi connectivity index (χ3n) is 6.70. The summed E-state index contributed by atoms with van der Waals surface area (Å²) in [4.78, 5) is 15.8. The zero-order chi connectivity index (χ0) is 20.8. The SMILES string of the molecule is Cc1cccc(C2(C(=O)Nc3ccc(OCCN4CCCCC4)cc3)CCCC2)c1. The van der Waals surface area contributed by atoms with E-state index in [9.17, 15) is 4.79 Å². The highest BCUT2D eigenvalue weighted by Crippen LogP contribution is 2.42. The Balaban J connectivity index is 1.35. The third-order valence-corrected chi connectivity index (χ3v) is 6.70. The summed E-state index contributed by atoms with van der Waals surface area (Å²) in [6, 6.07) is 16.3. The van der Waals surface area contributed by atoms with Crippen molar-refractivity contribution in [3.63, 3.8) is 0 Å². The number of ether oxygens (including phenoxy) is 1. The van der Waals surface area contributed by atoms with E-state index in [0.717, 1.165) is 49.2 Å². The molecule has 1 saturated carbocycles. The molecule has 4 nitrogen and oxygen atoms in total. The second-order valence-electron chi connectivity index (χ2n) is 8.89. The summed E-state index contributed by atoms with van der Waals surface area (Å²) in [7, 11) is 0. The Hall–Kier alpha value is -2.33. The van der Waals surface area contributed by atoms with Gasteiger partial charge in [0.25, 0.3) is 0 Å². The predicted molar refractivity (Wildman–Crippen MR) is 122 cm³/mol. The molecule has 0 aromatic heterocycles. The minimum Gasteiger partial charge on any atom is -0.492 e. The fourth-order valence-corrected chi connectivity index (χ4v) is 4.93. The van der Waals surface area contributed by atoms with E-state index in [0.29, 0.717) is 6.61 Å². The number of nitrogens with zero attached hydrogens (tertiary/aromatic N) is 1. The third kappa shape index (κ3) is 4.86. The minimum atomic E-state index is -0.407. The molecule has 1 N–H and O–H groups in total. The summed E-state index contributed by atoms with van der Waals surface area (Å²) < 4.78 is 5.92. The summed E-state index contributed by atoms with van der Waals surface area (Å²) in [5.41, 5.74) is 2.78. The Bertz CT molecular complexity index is 834. The first-order valence-electron chi connectivity index (χ1n) is 11.5. The van der Waals surface area contributed by atoms with Crippen LogP contribution < -0.4 is 10.1 Å². The lowest BCUT2D eigenvalue weighted by molar-refractivity contribution is -0.121. The number of likely N-dealkylation sites (tertiary alicyclic amines) is 1. The largest absolute Gasteiger partial charge is 0.492 e. The fourth-order valence-electron chi connectivity index (χ4n) is 4.93. The Morgan fingerprint density at radius 2 is 1.73 bits per heavy atom. The Morgan fingerprint density at radius 3 is 2.43 bits per heavy atom. The first kappa shape index (κ1) is 20.9. The molecule has 4 heteroatoms. The molecule has 0 radical (unpaired) electrons. The van der Waals surface area contributed by atoms with Crippen LogP contribution in [0.5, 0.6) is 5.75 Å². The quantitative estimate of drug-likeness (QED) is 0.677. The van der Waals surface area contributed by atoms with E-state index in [1.807, 2.05) is 24.3 Å². The van der Waals surface area contributed by atoms with Gasteiger partial charge < -0.3 is 10.1 Å². The van der Waals surface area contributed by atoms with Crippen LogP contribution in [0.15, 0.2) is 48.5 Å². The summed E-state index contributed by atoms with van der Waals surface area (Å²) in [5, 5.41) is 3.17. The van der Waals surface area contributed by atoms with Gasteiger partial charge in [0.2, 0.25) is 5.91 Å². The number of piperidine rings is 1. The van der Waals surface area contributed by atoms with Crippen LogP contribution in [0.1, 0.15) is 56.1 Å². The van der Waals surface area contributed by atoms with Crippen LogP contribution in [0.3, 0.4) is 0 Å². The second kappa shape index (κ2) is 9.65. The standard InChI is InChI=1S/C26H34N2O2/c1-21-8-7-9-22(20-21)26(14-3-4-15-26)25(29)27-23-10-12-24(13-11-23)30-19-18-28-16-5-2-6-17-28/h7-13,20H,2-6,14-19H2,1H3,(H,27,29). The van der Waals surface area contributed by atoms with Gasteiger partial charge in [-0.15, -0.1) is 0 Å². The topological polar surface area (TPSA) is 41.6 Å². The van der Waals surface area contributed by atoms with E-state index in [4.69, 9.17) is 4.74 Å². The van der Waals surface area contributed by atoms with E-state index in [2.05, 4.69) is 41.4 Å². The number of carbonyl (C=O) groups excluding carboxylic acids is 1. The Labute approximate surface area is 180 Å². The van der Waals surface area contributed by atoms with E-state index >= 15 is 0 Å². The van der Waals surface area contributed by atoms with Crippen molar-refractivity contribution in [3.05, 3.63) is 59.7 Å². The lowest BCUT2D eigenvalue weighted by Gasteiger charge is -2.28. The van der Waals surface area contributed by atoms with Crippen molar-refractivity contribution >= 4 is 11.6 Å². The average Bonchev–Trinajstić information content (AvgIpc) is 3.27. The smallest absolute Gasteiger partial charge is 0.235 e. The number of carbonyl (C=O) groups is 1. The van der Waals surface area contributed by atoms with Gasteiger partial charge in [0.1, 0.15) is 12.4 Å². The Morgan fingerprint density at radius 1 is 1.00 bits per heavy atom. The summed E-state index contributed by atoms with van der Waals surface area (Å²) >= 11 is 0. The number of rotatable bonds is 7. The normalized spacial score (nSPS) is 18.8. The first-order valence-corrected chi connectivity index (χ1v) is 11.5. The van der Waals surface area contributed by atoms with Gasteiger partial charge in [0.05, 0.1) is 5.41 Å². The van der Waals surface area contributed by atoms with Crippen molar-refractivity contribution in [2.45, 2.75) is 57.3 Å². The van der Waals surface area contributed by atoms with Gasteiger partial charge in [-0.3, -0.25) is 9.69 Å². The lowest BCUT2D eigenvalue weighted by atomic mass is 9.77. The second-order valence-corrected chi connectivity index (χ2v) is 8.89. The zero-order valence-corrected chi connectivity index (χ0v) is 18.2. The van der Waals surface area contributed by atoms with Gasteiger partial charge in [-0.05, 0) is 75.5 Å². The highest BCUT2D eigenvalue weighted by molar-refractivity contribution is 5.99. The van der Waals surface area contributed by atoms with Crippen LogP contribution in [-0.4, -0.2) is 37.0 Å². The molecule has 0 atom stereocenters. The van der Waals surface area contributed by atoms with Crippen molar-refractivity contribution in [2.24, 2.45) is 0 Å². The number of hydrogen-bond acceptors (Lipinski definition) is 3. The molecule has 1 amide bonds. The van der Waals surface area contributed by atoms with Gasteiger partial charge in [-0.1, -0.05) is 49.1 Å². The number of hydrogen-bond donors (Lipinski definition) is 1. The molecule has 2 aromatic rings. The molecular formula is C26H34N2O2. The lowest BCUT2D eigenvalue weighted by Crippen LogP contribution is -2.38. The highest BCUT2D eigenvalue weighted by Gasteiger charge is 2.42. The van der Waals surface area contributed by atoms with Crippen LogP contribution in [-0.2, 0) is 10.2 Å². The highest BCUT2D eigenvalue weighted by atomic mass is 16.5. The molecule has 2 aliphatic rings. The number of nitrogens with one attached hydrogen (secondary N) is 1. The van der Waals surface area contributed by atoms with Gasteiger partial charge in [0.15, 0.2) is 0 Å². The molecule has 4 rings (SSSR count). The van der Waals surface area contributed by atoms with Crippen molar-refractivity contribution in [3.8, 4) is 5.75 Å². The summed E-state index contributed by atoms with van der Waals surface area (Å²) in [6.07, 6.45) is 8.00. The maximum atomic E-state index is 13.3. The van der Waals surface area contributed by atoms with E-state index in [1.54, 1.807) is 0 Å². The molecular weight excluding hydrogens is 372 g/mol. The molecule has 0 bridgehead atoms. The maximum absolute atomic E-state index is 13.3. The molecule has 30 heavy (non-hydrogen) atoms. The summed E-state index contributed by atoms with van der Waals surface area (Å²) in [5.74, 6) is 0.976. The molecule has 2 aromatic carbocycles. The zero-order valence-electron chi connectivity index (χ0n) is 18.2. The maximum Gasteiger partial charge on any atom is 0.235 e. The first-order chi connectivity index (χ1) is 14.7. The monoisotopic (exact) mass is 406 g/mol. The van der Waals surface area contributed by atoms with E-state index in [-0.39, 0.29) is 5.91 Å².